The normalized spacial score (nSPS) is 18.6. The number of carbonyl (C=O) groups excluding carboxylic acids is 2. The van der Waals surface area contributed by atoms with Gasteiger partial charge in [-0.05, 0) is 72.1 Å². The molecule has 0 bridgehead atoms. The zero-order valence-electron chi connectivity index (χ0n) is 19.9. The van der Waals surface area contributed by atoms with E-state index in [1.54, 1.807) is 22.3 Å². The molecule has 2 aromatic heterocycles. The van der Waals surface area contributed by atoms with E-state index in [0.29, 0.717) is 49.3 Å². The second kappa shape index (κ2) is 11.6. The fraction of sp³-hybridized carbons (Fsp3) is 0.458. The van der Waals surface area contributed by atoms with Crippen molar-refractivity contribution in [3.05, 3.63) is 44.5 Å². The second-order valence-electron chi connectivity index (χ2n) is 9.04. The van der Waals surface area contributed by atoms with Gasteiger partial charge in [-0.25, -0.2) is 17.9 Å². The number of hydrogen-bond donors (Lipinski definition) is 2. The number of carbonyl (C=O) groups is 2. The van der Waals surface area contributed by atoms with Crippen LogP contribution in [0.5, 0.6) is 0 Å². The van der Waals surface area contributed by atoms with Crippen molar-refractivity contribution in [2.45, 2.75) is 38.1 Å². The van der Waals surface area contributed by atoms with Crippen molar-refractivity contribution in [1.29, 1.82) is 5.26 Å². The quantitative estimate of drug-likeness (QED) is 0.509. The van der Waals surface area contributed by atoms with E-state index < -0.39 is 10.0 Å². The minimum absolute atomic E-state index is 0.137. The van der Waals surface area contributed by atoms with Crippen LogP contribution in [-0.4, -0.2) is 57.3 Å². The maximum atomic E-state index is 12.5. The summed E-state index contributed by atoms with van der Waals surface area (Å²) >= 11 is 2.97. The van der Waals surface area contributed by atoms with Gasteiger partial charge in [0.15, 0.2) is 0 Å². The lowest BCUT2D eigenvalue weighted by Gasteiger charge is -2.32. The highest BCUT2D eigenvalue weighted by atomic mass is 32.2. The number of nitrogens with zero attached hydrogens (tertiary/aromatic N) is 2. The van der Waals surface area contributed by atoms with Crippen molar-refractivity contribution in [1.82, 2.24) is 9.62 Å². The first-order valence-corrected chi connectivity index (χ1v) is 15.3. The zero-order valence-corrected chi connectivity index (χ0v) is 22.3. The lowest BCUT2D eigenvalue weighted by atomic mass is 9.88. The molecular weight excluding hydrogens is 520 g/mol. The first-order chi connectivity index (χ1) is 17.2. The summed E-state index contributed by atoms with van der Waals surface area (Å²) in [4.78, 5) is 27.6. The summed E-state index contributed by atoms with van der Waals surface area (Å²) in [5.74, 6) is -0.143. The highest BCUT2D eigenvalue weighted by Crippen LogP contribution is 2.39. The number of hydrogen-bond acceptors (Lipinski definition) is 8. The van der Waals surface area contributed by atoms with Crippen LogP contribution in [0.1, 0.15) is 40.8 Å². The average molecular weight is 549 g/mol. The molecule has 0 radical (unpaired) electrons. The minimum Gasteiger partial charge on any atom is -0.449 e. The topological polar surface area (TPSA) is 129 Å². The van der Waals surface area contributed by atoms with Crippen molar-refractivity contribution in [3.8, 4) is 6.07 Å². The summed E-state index contributed by atoms with van der Waals surface area (Å²) in [6, 6.07) is 4.01. The molecule has 1 saturated heterocycles. The standard InChI is InChI=1S/C24H28N4O5S3/c1-36(31,32)27-18-6-9-28(10-7-18)24(30)33-14-17-2-4-19-20(13-25)23(35-21(19)12-17)26-22(29)5-3-16-8-11-34-15-16/h3,5,8,11,15,17-18,27H,2,4,6-7,9-10,12,14H2,1H3,(H,26,29)/b5-3+. The van der Waals surface area contributed by atoms with E-state index in [9.17, 15) is 23.3 Å². The summed E-state index contributed by atoms with van der Waals surface area (Å²) < 4.78 is 30.9. The van der Waals surface area contributed by atoms with Crippen LogP contribution in [-0.2, 0) is 32.4 Å². The molecule has 12 heteroatoms. The van der Waals surface area contributed by atoms with Crippen LogP contribution in [0.25, 0.3) is 6.08 Å². The monoisotopic (exact) mass is 548 g/mol. The van der Waals surface area contributed by atoms with Crippen LogP contribution in [0.2, 0.25) is 0 Å². The van der Waals surface area contributed by atoms with Gasteiger partial charge >= 0.3 is 6.09 Å². The van der Waals surface area contributed by atoms with Gasteiger partial charge in [-0.2, -0.15) is 16.6 Å². The third-order valence-corrected chi connectivity index (χ3v) is 8.90. The summed E-state index contributed by atoms with van der Waals surface area (Å²) in [7, 11) is -3.26. The molecule has 2 amide bonds. The summed E-state index contributed by atoms with van der Waals surface area (Å²) in [5.41, 5.74) is 2.45. The van der Waals surface area contributed by atoms with Gasteiger partial charge in [-0.3, -0.25) is 4.79 Å². The number of amides is 2. The van der Waals surface area contributed by atoms with E-state index in [4.69, 9.17) is 4.74 Å². The molecule has 0 spiro atoms. The smallest absolute Gasteiger partial charge is 0.409 e. The van der Waals surface area contributed by atoms with E-state index in [2.05, 4.69) is 16.1 Å². The number of sulfonamides is 1. The Bertz CT molecular complexity index is 1270. The Balaban J connectivity index is 1.28. The lowest BCUT2D eigenvalue weighted by molar-refractivity contribution is -0.111. The number of nitriles is 1. The average Bonchev–Trinajstić information content (AvgIpc) is 3.47. The highest BCUT2D eigenvalue weighted by Gasteiger charge is 2.29. The van der Waals surface area contributed by atoms with Gasteiger partial charge in [-0.15, -0.1) is 11.3 Å². The predicted octanol–water partition coefficient (Wildman–Crippen LogP) is 3.59. The lowest BCUT2D eigenvalue weighted by Crippen LogP contribution is -2.46. The van der Waals surface area contributed by atoms with Gasteiger partial charge in [0.1, 0.15) is 11.1 Å². The van der Waals surface area contributed by atoms with Crippen LogP contribution in [0.4, 0.5) is 9.80 Å². The first kappa shape index (κ1) is 26.3. The van der Waals surface area contributed by atoms with E-state index in [0.717, 1.165) is 28.7 Å². The first-order valence-electron chi connectivity index (χ1n) is 11.7. The number of piperidine rings is 1. The molecule has 0 saturated carbocycles. The Labute approximate surface area is 218 Å². The van der Waals surface area contributed by atoms with Gasteiger partial charge < -0.3 is 15.0 Å². The molecule has 36 heavy (non-hydrogen) atoms. The molecular formula is C24H28N4O5S3. The molecule has 3 heterocycles. The molecule has 1 unspecified atom stereocenters. The molecule has 2 aliphatic rings. The molecule has 1 aliphatic heterocycles. The molecule has 1 atom stereocenters. The van der Waals surface area contributed by atoms with Crippen LogP contribution in [0.15, 0.2) is 22.9 Å². The predicted molar refractivity (Wildman–Crippen MR) is 140 cm³/mol. The van der Waals surface area contributed by atoms with E-state index >= 15 is 0 Å². The van der Waals surface area contributed by atoms with Gasteiger partial charge in [0.25, 0.3) is 0 Å². The maximum Gasteiger partial charge on any atom is 0.409 e. The van der Waals surface area contributed by atoms with Crippen LogP contribution < -0.4 is 10.0 Å². The summed E-state index contributed by atoms with van der Waals surface area (Å²) in [6.45, 7) is 1.17. The zero-order chi connectivity index (χ0) is 25.7. The molecule has 2 aromatic rings. The van der Waals surface area contributed by atoms with Crippen LogP contribution >= 0.6 is 22.7 Å². The maximum absolute atomic E-state index is 12.5. The van der Waals surface area contributed by atoms with Crippen molar-refractivity contribution in [2.75, 3.05) is 31.3 Å². The van der Waals surface area contributed by atoms with E-state index in [1.807, 2.05) is 16.8 Å². The molecule has 4 rings (SSSR count). The number of fused-ring (bicyclic) bond motifs is 1. The second-order valence-corrected chi connectivity index (χ2v) is 12.7. The molecule has 1 aliphatic carbocycles. The Morgan fingerprint density at radius 2 is 2.08 bits per heavy atom. The van der Waals surface area contributed by atoms with Crippen molar-refractivity contribution in [2.24, 2.45) is 5.92 Å². The fourth-order valence-corrected chi connectivity index (χ4v) is 7.25. The van der Waals surface area contributed by atoms with Crippen molar-refractivity contribution < 1.29 is 22.7 Å². The molecule has 1 fully saturated rings. The summed E-state index contributed by atoms with van der Waals surface area (Å²) in [6.07, 6.45) is 7.23. The number of rotatable bonds is 7. The van der Waals surface area contributed by atoms with E-state index in [-0.39, 0.29) is 30.6 Å². The van der Waals surface area contributed by atoms with Gasteiger partial charge in [0, 0.05) is 30.1 Å². The van der Waals surface area contributed by atoms with Crippen LogP contribution in [0, 0.1) is 17.2 Å². The van der Waals surface area contributed by atoms with Crippen molar-refractivity contribution >= 4 is 55.8 Å². The minimum atomic E-state index is -3.26. The van der Waals surface area contributed by atoms with Gasteiger partial charge in [0.05, 0.1) is 18.4 Å². The Morgan fingerprint density at radius 3 is 2.75 bits per heavy atom. The Morgan fingerprint density at radius 1 is 1.31 bits per heavy atom. The SMILES string of the molecule is CS(=O)(=O)NC1CCN(C(=O)OCC2CCc3c(sc(NC(=O)/C=C/c4ccsc4)c3C#N)C2)CC1. The third kappa shape index (κ3) is 6.94. The number of thiophene rings is 2. The van der Waals surface area contributed by atoms with Gasteiger partial charge in [-0.1, -0.05) is 0 Å². The van der Waals surface area contributed by atoms with Crippen LogP contribution in [0.3, 0.4) is 0 Å². The number of nitrogens with one attached hydrogen (secondary N) is 2. The number of likely N-dealkylation sites (tertiary alicyclic amines) is 1. The summed E-state index contributed by atoms with van der Waals surface area (Å²) in [5, 5.41) is 17.0. The third-order valence-electron chi connectivity index (χ3n) is 6.26. The molecule has 192 valence electrons. The van der Waals surface area contributed by atoms with E-state index in [1.165, 1.54) is 17.4 Å². The molecule has 9 nitrogen and oxygen atoms in total. The largest absolute Gasteiger partial charge is 0.449 e. The van der Waals surface area contributed by atoms with Gasteiger partial charge in [0.2, 0.25) is 15.9 Å². The van der Waals surface area contributed by atoms with Crippen molar-refractivity contribution in [3.63, 3.8) is 0 Å². The Hall–Kier alpha value is -2.72. The number of anilines is 1. The Kier molecular flexibility index (Phi) is 8.46. The number of ether oxygens (including phenoxy) is 1. The highest BCUT2D eigenvalue weighted by molar-refractivity contribution is 7.88. The molecule has 2 N–H and O–H groups in total. The molecule has 0 aromatic carbocycles. The fourth-order valence-electron chi connectivity index (χ4n) is 4.46.